The average Bonchev–Trinajstić information content (AvgIpc) is 3.20. The van der Waals surface area contributed by atoms with E-state index in [2.05, 4.69) is 105 Å². The number of hydrogen-bond donors (Lipinski definition) is 3. The maximum Gasteiger partial charge on any atom is 0.472 e. The highest BCUT2D eigenvalue weighted by Gasteiger charge is 2.25. The normalized spacial score (nSPS) is 15.1. The number of unbranched alkanes of at least 4 members (excludes halogenated alkanes) is 1. The second-order valence-corrected chi connectivity index (χ2v) is 14.8. The van der Waals surface area contributed by atoms with Gasteiger partial charge in [-0.2, -0.15) is 0 Å². The number of aliphatic hydroxyl groups excluding tert-OH is 1. The Morgan fingerprint density at radius 1 is 0.603 bits per heavy atom. The van der Waals surface area contributed by atoms with Crippen molar-refractivity contribution in [3.8, 4) is 0 Å². The summed E-state index contributed by atoms with van der Waals surface area (Å²) in [6.45, 7) is 3.22. The van der Waals surface area contributed by atoms with Gasteiger partial charge in [0, 0.05) is 19.4 Å². The Hall–Kier alpha value is -3.63. The van der Waals surface area contributed by atoms with E-state index in [1.54, 1.807) is 0 Å². The highest BCUT2D eigenvalue weighted by atomic mass is 31.2. The highest BCUT2D eigenvalue weighted by molar-refractivity contribution is 7.47. The molecule has 4 N–H and O–H groups in total. The van der Waals surface area contributed by atoms with Crippen LogP contribution in [-0.2, 0) is 32.7 Å². The summed E-state index contributed by atoms with van der Waals surface area (Å²) in [6, 6.07) is 0. The maximum atomic E-state index is 12.5. The maximum absolute atomic E-state index is 12.5. The number of ether oxygens (including phenoxy) is 2. The number of esters is 2. The van der Waals surface area contributed by atoms with Crippen LogP contribution in [0.1, 0.15) is 123 Å². The van der Waals surface area contributed by atoms with Gasteiger partial charge in [-0.1, -0.05) is 142 Å². The number of nitrogens with two attached hydrogens (primary N) is 1. The molecule has 58 heavy (non-hydrogen) atoms. The Morgan fingerprint density at radius 3 is 1.55 bits per heavy atom. The molecule has 0 radical (unpaired) electrons. The van der Waals surface area contributed by atoms with Crippen LogP contribution in [0.4, 0.5) is 0 Å². The number of rotatable bonds is 37. The molecular formula is C47H74NO9P. The van der Waals surface area contributed by atoms with E-state index >= 15 is 0 Å². The van der Waals surface area contributed by atoms with Gasteiger partial charge in [0.2, 0.25) is 0 Å². The van der Waals surface area contributed by atoms with Crippen molar-refractivity contribution in [2.75, 3.05) is 26.4 Å². The molecule has 0 aromatic carbocycles. The van der Waals surface area contributed by atoms with Crippen LogP contribution in [0.15, 0.2) is 122 Å². The first kappa shape index (κ1) is 54.4. The third-order valence-electron chi connectivity index (χ3n) is 7.90. The van der Waals surface area contributed by atoms with E-state index in [0.717, 1.165) is 70.6 Å². The van der Waals surface area contributed by atoms with Crippen molar-refractivity contribution in [3.63, 3.8) is 0 Å². The minimum absolute atomic E-state index is 0.0214. The molecular weight excluding hydrogens is 753 g/mol. The van der Waals surface area contributed by atoms with Crippen molar-refractivity contribution >= 4 is 19.8 Å². The predicted molar refractivity (Wildman–Crippen MR) is 239 cm³/mol. The van der Waals surface area contributed by atoms with Gasteiger partial charge in [0.25, 0.3) is 0 Å². The fourth-order valence-electron chi connectivity index (χ4n) is 4.84. The molecule has 0 spiro atoms. The molecule has 0 rings (SSSR count). The Bertz CT molecular complexity index is 1370. The lowest BCUT2D eigenvalue weighted by atomic mass is 10.1. The zero-order valence-corrected chi connectivity index (χ0v) is 36.2. The highest BCUT2D eigenvalue weighted by Crippen LogP contribution is 2.43. The van der Waals surface area contributed by atoms with Crippen molar-refractivity contribution in [3.05, 3.63) is 122 Å². The number of allylic oxidation sites excluding steroid dienone is 19. The van der Waals surface area contributed by atoms with Gasteiger partial charge in [0.1, 0.15) is 6.61 Å². The largest absolute Gasteiger partial charge is 0.472 e. The Labute approximate surface area is 350 Å². The van der Waals surface area contributed by atoms with Crippen LogP contribution in [0.3, 0.4) is 0 Å². The molecule has 0 saturated heterocycles. The smallest absolute Gasteiger partial charge is 0.462 e. The molecule has 3 atom stereocenters. The van der Waals surface area contributed by atoms with Crippen LogP contribution in [-0.4, -0.2) is 60.5 Å². The molecule has 0 aliphatic heterocycles. The fourth-order valence-corrected chi connectivity index (χ4v) is 5.61. The summed E-state index contributed by atoms with van der Waals surface area (Å²) in [7, 11) is -4.43. The number of phosphoric ester groups is 1. The van der Waals surface area contributed by atoms with Crippen LogP contribution in [0.25, 0.3) is 0 Å². The van der Waals surface area contributed by atoms with Crippen molar-refractivity contribution < 1.29 is 42.7 Å². The molecule has 0 aromatic heterocycles. The van der Waals surface area contributed by atoms with Crippen LogP contribution in [0.2, 0.25) is 0 Å². The number of carbonyl (C=O) groups is 2. The number of aliphatic hydroxyl groups is 1. The van der Waals surface area contributed by atoms with E-state index in [1.807, 2.05) is 30.4 Å². The zero-order chi connectivity index (χ0) is 42.6. The van der Waals surface area contributed by atoms with E-state index in [0.29, 0.717) is 25.7 Å². The van der Waals surface area contributed by atoms with Crippen molar-refractivity contribution in [2.24, 2.45) is 5.73 Å². The summed E-state index contributed by atoms with van der Waals surface area (Å²) < 4.78 is 32.6. The van der Waals surface area contributed by atoms with Gasteiger partial charge in [-0.15, -0.1) is 0 Å². The van der Waals surface area contributed by atoms with Crippen molar-refractivity contribution in [2.45, 2.75) is 135 Å². The van der Waals surface area contributed by atoms with Crippen LogP contribution in [0.5, 0.6) is 0 Å². The summed E-state index contributed by atoms with van der Waals surface area (Å²) >= 11 is 0. The first-order valence-electron chi connectivity index (χ1n) is 21.1. The third kappa shape index (κ3) is 40.6. The minimum atomic E-state index is -4.43. The first-order valence-corrected chi connectivity index (χ1v) is 22.6. The third-order valence-corrected chi connectivity index (χ3v) is 8.88. The SMILES string of the molecule is CC/C=C\C/C=C\C/C=C\C/C=C\C/C=C\C/C=C\CCC(=O)O[C@H](COC(=O)CCC/C=C\C/C=C\C/C=C\C/C=C\CC(O)CCC)COP(=O)(O)OCCN. The van der Waals surface area contributed by atoms with E-state index in [4.69, 9.17) is 24.3 Å². The molecule has 0 aliphatic rings. The second kappa shape index (κ2) is 41.5. The molecule has 2 unspecified atom stereocenters. The quantitative estimate of drug-likeness (QED) is 0.0238. The van der Waals surface area contributed by atoms with Gasteiger partial charge in [-0.25, -0.2) is 4.57 Å². The second-order valence-electron chi connectivity index (χ2n) is 13.3. The number of hydrogen-bond acceptors (Lipinski definition) is 9. The summed E-state index contributed by atoms with van der Waals surface area (Å²) in [4.78, 5) is 34.8. The standard InChI is InChI=1S/C47H74NO9P/c1-3-5-6-7-8-9-10-11-12-13-14-15-16-19-23-26-29-32-35-39-47(51)57-45(43-56-58(52,53)55-41-40-48)42-54-46(50)38-34-31-28-25-22-20-17-18-21-24-27-30-33-37-44(49)36-4-2/h5-6,8-9,11-12,14-15,17,19-21,23-25,28-30,32-33,44-45,49H,3-4,7,10,13,16,18,22,26-27,31,34-43,48H2,1-2H3,(H,52,53)/b6-5-,9-8-,12-11-,15-14-,20-17-,23-19-,24-21-,28-25-,32-29-,33-30-/t44?,45-/m1/s1. The molecule has 0 bridgehead atoms. The van der Waals surface area contributed by atoms with Crippen LogP contribution in [0, 0.1) is 0 Å². The lowest BCUT2D eigenvalue weighted by molar-refractivity contribution is -0.161. The molecule has 0 amide bonds. The summed E-state index contributed by atoms with van der Waals surface area (Å²) in [5, 5.41) is 9.72. The summed E-state index contributed by atoms with van der Waals surface area (Å²) in [6.07, 6.45) is 53.1. The topological polar surface area (TPSA) is 155 Å². The Morgan fingerprint density at radius 2 is 1.07 bits per heavy atom. The van der Waals surface area contributed by atoms with Gasteiger partial charge < -0.3 is 25.2 Å². The number of carbonyl (C=O) groups excluding carboxylic acids is 2. The van der Waals surface area contributed by atoms with Crippen molar-refractivity contribution in [1.29, 1.82) is 0 Å². The van der Waals surface area contributed by atoms with E-state index < -0.39 is 32.5 Å². The molecule has 11 heteroatoms. The van der Waals surface area contributed by atoms with Gasteiger partial charge in [0.15, 0.2) is 6.10 Å². The molecule has 326 valence electrons. The van der Waals surface area contributed by atoms with Gasteiger partial charge >= 0.3 is 19.8 Å². The van der Waals surface area contributed by atoms with E-state index in [1.165, 1.54) is 0 Å². The van der Waals surface area contributed by atoms with Crippen LogP contribution >= 0.6 is 7.82 Å². The van der Waals surface area contributed by atoms with Gasteiger partial charge in [-0.05, 0) is 89.9 Å². The van der Waals surface area contributed by atoms with Crippen molar-refractivity contribution in [1.82, 2.24) is 0 Å². The van der Waals surface area contributed by atoms with Crippen LogP contribution < -0.4 is 5.73 Å². The number of phosphoric acid groups is 1. The molecule has 10 nitrogen and oxygen atoms in total. The average molecular weight is 828 g/mol. The van der Waals surface area contributed by atoms with Gasteiger partial charge in [0.05, 0.1) is 19.3 Å². The summed E-state index contributed by atoms with van der Waals surface area (Å²) in [5.74, 6) is -1.03. The van der Waals surface area contributed by atoms with E-state index in [9.17, 15) is 24.2 Å². The zero-order valence-electron chi connectivity index (χ0n) is 35.3. The molecule has 0 aromatic rings. The Balaban J connectivity index is 4.44. The summed E-state index contributed by atoms with van der Waals surface area (Å²) in [5.41, 5.74) is 5.33. The Kier molecular flexibility index (Phi) is 38.9. The molecule has 0 aliphatic carbocycles. The lowest BCUT2D eigenvalue weighted by Gasteiger charge is -2.19. The molecule has 0 heterocycles. The molecule has 0 saturated carbocycles. The fraction of sp³-hybridized carbons (Fsp3) is 0.532. The predicted octanol–water partition coefficient (Wildman–Crippen LogP) is 11.1. The molecule has 0 fully saturated rings. The lowest BCUT2D eigenvalue weighted by Crippen LogP contribution is -2.29. The monoisotopic (exact) mass is 828 g/mol. The van der Waals surface area contributed by atoms with Gasteiger partial charge in [-0.3, -0.25) is 18.6 Å². The minimum Gasteiger partial charge on any atom is -0.462 e. The van der Waals surface area contributed by atoms with E-state index in [-0.39, 0.29) is 38.7 Å². The first-order chi connectivity index (χ1) is 28.2.